The number of carbonyl (C=O) groups excluding carboxylic acids is 2. The molecule has 0 aromatic carbocycles. The van der Waals surface area contributed by atoms with E-state index in [0.717, 1.165) is 45.3 Å². The van der Waals surface area contributed by atoms with Gasteiger partial charge in [0.25, 0.3) is 0 Å². The van der Waals surface area contributed by atoms with E-state index in [1.165, 1.54) is 32.1 Å². The molecule has 3 fully saturated rings. The molecular formula is C17H28N2O2. The summed E-state index contributed by atoms with van der Waals surface area (Å²) in [5.41, 5.74) is 0. The van der Waals surface area contributed by atoms with Crippen molar-refractivity contribution in [3.8, 4) is 0 Å². The van der Waals surface area contributed by atoms with Gasteiger partial charge in [-0.05, 0) is 50.9 Å². The molecular weight excluding hydrogens is 264 g/mol. The van der Waals surface area contributed by atoms with Crippen LogP contribution in [-0.2, 0) is 9.59 Å². The van der Waals surface area contributed by atoms with Gasteiger partial charge >= 0.3 is 0 Å². The number of nitrogens with zero attached hydrogens (tertiary/aromatic N) is 2. The fraction of sp³-hybridized carbons (Fsp3) is 0.882. The standard InChI is InChI=1S/C17H28N2O2/c20-16(18-10-4-1-5-11-18)13-17(21)19-12-6-8-14-7-2-3-9-15(14)19/h14-15H,1-13H2. The van der Waals surface area contributed by atoms with Crippen LogP contribution in [0.3, 0.4) is 0 Å². The minimum absolute atomic E-state index is 0.0534. The molecule has 3 rings (SSSR count). The summed E-state index contributed by atoms with van der Waals surface area (Å²) in [6.07, 6.45) is 10.9. The average Bonchev–Trinajstić information content (AvgIpc) is 2.55. The molecule has 3 aliphatic rings. The second-order valence-electron chi connectivity index (χ2n) is 6.96. The van der Waals surface area contributed by atoms with Gasteiger partial charge < -0.3 is 9.80 Å². The molecule has 0 radical (unpaired) electrons. The Bertz CT molecular complexity index is 388. The van der Waals surface area contributed by atoms with E-state index < -0.39 is 0 Å². The van der Waals surface area contributed by atoms with Gasteiger partial charge in [0.15, 0.2) is 0 Å². The second-order valence-corrected chi connectivity index (χ2v) is 6.96. The Balaban J connectivity index is 1.57. The fourth-order valence-corrected chi connectivity index (χ4v) is 4.42. The first-order valence-corrected chi connectivity index (χ1v) is 8.83. The van der Waals surface area contributed by atoms with E-state index in [-0.39, 0.29) is 18.2 Å². The smallest absolute Gasteiger partial charge is 0.232 e. The van der Waals surface area contributed by atoms with Crippen LogP contribution in [0.5, 0.6) is 0 Å². The van der Waals surface area contributed by atoms with Crippen LogP contribution in [0.2, 0.25) is 0 Å². The summed E-state index contributed by atoms with van der Waals surface area (Å²) >= 11 is 0. The number of carbonyl (C=O) groups is 2. The largest absolute Gasteiger partial charge is 0.342 e. The van der Waals surface area contributed by atoms with E-state index in [1.54, 1.807) is 0 Å². The molecule has 2 heterocycles. The first-order chi connectivity index (χ1) is 10.3. The first-order valence-electron chi connectivity index (χ1n) is 8.83. The summed E-state index contributed by atoms with van der Waals surface area (Å²) in [5.74, 6) is 0.835. The van der Waals surface area contributed by atoms with E-state index >= 15 is 0 Å². The van der Waals surface area contributed by atoms with Crippen molar-refractivity contribution in [2.24, 2.45) is 5.92 Å². The SMILES string of the molecule is O=C(CC(=O)N1CCCC2CCCCC21)N1CCCCC1. The third-order valence-electron chi connectivity index (χ3n) is 5.57. The monoisotopic (exact) mass is 292 g/mol. The van der Waals surface area contributed by atoms with Crippen LogP contribution in [0.1, 0.15) is 64.2 Å². The number of hydrogen-bond donors (Lipinski definition) is 0. The van der Waals surface area contributed by atoms with Crippen molar-refractivity contribution in [3.05, 3.63) is 0 Å². The van der Waals surface area contributed by atoms with E-state index in [9.17, 15) is 9.59 Å². The molecule has 4 heteroatoms. The van der Waals surface area contributed by atoms with Crippen LogP contribution in [0, 0.1) is 5.92 Å². The minimum atomic E-state index is 0.0534. The van der Waals surface area contributed by atoms with Crippen molar-refractivity contribution in [1.29, 1.82) is 0 Å². The van der Waals surface area contributed by atoms with Gasteiger partial charge in [0.05, 0.1) is 0 Å². The molecule has 2 atom stereocenters. The minimum Gasteiger partial charge on any atom is -0.342 e. The average molecular weight is 292 g/mol. The number of piperidine rings is 2. The summed E-state index contributed by atoms with van der Waals surface area (Å²) < 4.78 is 0. The van der Waals surface area contributed by atoms with Crippen molar-refractivity contribution >= 4 is 11.8 Å². The first kappa shape index (κ1) is 14.9. The Kier molecular flexibility index (Phi) is 4.81. The van der Waals surface area contributed by atoms with E-state index in [0.29, 0.717) is 12.0 Å². The van der Waals surface area contributed by atoms with Gasteiger partial charge in [-0.15, -0.1) is 0 Å². The van der Waals surface area contributed by atoms with E-state index in [4.69, 9.17) is 0 Å². The second kappa shape index (κ2) is 6.80. The lowest BCUT2D eigenvalue weighted by Gasteiger charge is -2.44. The number of hydrogen-bond acceptors (Lipinski definition) is 2. The molecule has 21 heavy (non-hydrogen) atoms. The van der Waals surface area contributed by atoms with Crippen LogP contribution in [0.4, 0.5) is 0 Å². The zero-order chi connectivity index (χ0) is 14.7. The number of rotatable bonds is 2. The molecule has 0 aromatic rings. The lowest BCUT2D eigenvalue weighted by molar-refractivity contribution is -0.144. The summed E-state index contributed by atoms with van der Waals surface area (Å²) in [6.45, 7) is 2.56. The molecule has 4 nitrogen and oxygen atoms in total. The fourth-order valence-electron chi connectivity index (χ4n) is 4.42. The molecule has 0 aromatic heterocycles. The van der Waals surface area contributed by atoms with Gasteiger partial charge in [0, 0.05) is 25.7 Å². The van der Waals surface area contributed by atoms with Crippen molar-refractivity contribution in [3.63, 3.8) is 0 Å². The summed E-state index contributed by atoms with van der Waals surface area (Å²) in [4.78, 5) is 28.8. The highest BCUT2D eigenvalue weighted by Gasteiger charge is 2.36. The van der Waals surface area contributed by atoms with Gasteiger partial charge in [-0.2, -0.15) is 0 Å². The van der Waals surface area contributed by atoms with Crippen LogP contribution in [0.15, 0.2) is 0 Å². The maximum Gasteiger partial charge on any atom is 0.232 e. The third kappa shape index (κ3) is 3.41. The van der Waals surface area contributed by atoms with Gasteiger partial charge in [-0.1, -0.05) is 12.8 Å². The zero-order valence-electron chi connectivity index (χ0n) is 13.1. The Morgan fingerprint density at radius 3 is 2.29 bits per heavy atom. The Morgan fingerprint density at radius 2 is 1.48 bits per heavy atom. The normalized spacial score (nSPS) is 29.9. The van der Waals surface area contributed by atoms with Crippen LogP contribution < -0.4 is 0 Å². The predicted molar refractivity (Wildman–Crippen MR) is 81.7 cm³/mol. The molecule has 0 bridgehead atoms. The molecule has 1 aliphatic carbocycles. The Hall–Kier alpha value is -1.06. The molecule has 2 amide bonds. The van der Waals surface area contributed by atoms with Gasteiger partial charge in [0.1, 0.15) is 6.42 Å². The number of fused-ring (bicyclic) bond motifs is 1. The molecule has 1 saturated carbocycles. The topological polar surface area (TPSA) is 40.6 Å². The molecule has 2 unspecified atom stereocenters. The predicted octanol–water partition coefficient (Wildman–Crippen LogP) is 2.57. The summed E-state index contributed by atoms with van der Waals surface area (Å²) in [6, 6.07) is 0.425. The van der Waals surface area contributed by atoms with E-state index in [2.05, 4.69) is 4.90 Å². The van der Waals surface area contributed by atoms with Crippen molar-refractivity contribution < 1.29 is 9.59 Å². The van der Waals surface area contributed by atoms with Crippen molar-refractivity contribution in [1.82, 2.24) is 9.80 Å². The third-order valence-corrected chi connectivity index (χ3v) is 5.57. The summed E-state index contributed by atoms with van der Waals surface area (Å²) in [5, 5.41) is 0. The van der Waals surface area contributed by atoms with Crippen molar-refractivity contribution in [2.45, 2.75) is 70.3 Å². The highest BCUT2D eigenvalue weighted by Crippen LogP contribution is 2.35. The highest BCUT2D eigenvalue weighted by atomic mass is 16.2. The van der Waals surface area contributed by atoms with Gasteiger partial charge in [-0.3, -0.25) is 9.59 Å². The summed E-state index contributed by atoms with van der Waals surface area (Å²) in [7, 11) is 0. The zero-order valence-corrected chi connectivity index (χ0v) is 13.1. The maximum absolute atomic E-state index is 12.6. The quantitative estimate of drug-likeness (QED) is 0.734. The lowest BCUT2D eigenvalue weighted by atomic mass is 9.78. The molecule has 0 N–H and O–H groups in total. The lowest BCUT2D eigenvalue weighted by Crippen LogP contribution is -2.51. The van der Waals surface area contributed by atoms with Crippen LogP contribution >= 0.6 is 0 Å². The molecule has 2 saturated heterocycles. The Morgan fingerprint density at radius 1 is 0.762 bits per heavy atom. The van der Waals surface area contributed by atoms with Crippen LogP contribution in [0.25, 0.3) is 0 Å². The maximum atomic E-state index is 12.6. The Labute approximate surface area is 127 Å². The van der Waals surface area contributed by atoms with Gasteiger partial charge in [0.2, 0.25) is 11.8 Å². The molecule has 2 aliphatic heterocycles. The molecule has 118 valence electrons. The van der Waals surface area contributed by atoms with E-state index in [1.807, 2.05) is 4.90 Å². The van der Waals surface area contributed by atoms with Crippen LogP contribution in [-0.4, -0.2) is 47.3 Å². The van der Waals surface area contributed by atoms with Gasteiger partial charge in [-0.25, -0.2) is 0 Å². The molecule has 0 spiro atoms. The van der Waals surface area contributed by atoms with Crippen molar-refractivity contribution in [2.75, 3.05) is 19.6 Å². The highest BCUT2D eigenvalue weighted by molar-refractivity contribution is 5.97. The number of likely N-dealkylation sites (tertiary alicyclic amines) is 2. The number of amides is 2.